The molecule has 1 aliphatic heterocycles. The molecule has 0 spiro atoms. The Morgan fingerprint density at radius 1 is 1.25 bits per heavy atom. The highest BCUT2D eigenvalue weighted by Crippen LogP contribution is 2.33. The maximum Gasteiger partial charge on any atom is 0.254 e. The van der Waals surface area contributed by atoms with Crippen LogP contribution in [0.5, 0.6) is 5.75 Å². The van der Waals surface area contributed by atoms with E-state index in [2.05, 4.69) is 10.2 Å². The Kier molecular flexibility index (Phi) is 4.58. The van der Waals surface area contributed by atoms with Crippen LogP contribution in [0.2, 0.25) is 0 Å². The average molecular weight is 334 g/mol. The van der Waals surface area contributed by atoms with Gasteiger partial charge in [0.25, 0.3) is 11.8 Å². The van der Waals surface area contributed by atoms with Crippen molar-refractivity contribution in [3.63, 3.8) is 0 Å². The summed E-state index contributed by atoms with van der Waals surface area (Å²) in [6, 6.07) is 7.24. The van der Waals surface area contributed by atoms with Crippen LogP contribution in [0.1, 0.15) is 37.6 Å². The van der Waals surface area contributed by atoms with Crippen molar-refractivity contribution in [3.05, 3.63) is 41.6 Å². The molecular formula is C17H22N2O5. The molecule has 0 aliphatic carbocycles. The normalized spacial score (nSPS) is 21.2. The molecule has 1 fully saturated rings. The van der Waals surface area contributed by atoms with Gasteiger partial charge in [0.05, 0.1) is 18.8 Å². The molecule has 1 aliphatic rings. The third-order valence-electron chi connectivity index (χ3n) is 4.16. The standard InChI is InChI=1S/C17H22N2O5/c1-16(2,20)12-4-6-13(7-5-12)23-10-14-18-19-15(24-14)17(21-3)8-9-22-11-17/h4-7,20H,8-11H2,1-3H3. The highest BCUT2D eigenvalue weighted by molar-refractivity contribution is 5.30. The first-order chi connectivity index (χ1) is 11.4. The largest absolute Gasteiger partial charge is 0.484 e. The van der Waals surface area contributed by atoms with Crippen LogP contribution in [0.4, 0.5) is 0 Å². The lowest BCUT2D eigenvalue weighted by atomic mass is 9.99. The predicted molar refractivity (Wildman–Crippen MR) is 84.4 cm³/mol. The quantitative estimate of drug-likeness (QED) is 0.866. The zero-order valence-electron chi connectivity index (χ0n) is 14.1. The second-order valence-electron chi connectivity index (χ2n) is 6.37. The zero-order valence-corrected chi connectivity index (χ0v) is 14.1. The molecule has 0 radical (unpaired) electrons. The summed E-state index contributed by atoms with van der Waals surface area (Å²) >= 11 is 0. The number of methoxy groups -OCH3 is 1. The van der Waals surface area contributed by atoms with Crippen molar-refractivity contribution < 1.29 is 23.7 Å². The summed E-state index contributed by atoms with van der Waals surface area (Å²) in [7, 11) is 1.61. The minimum absolute atomic E-state index is 0.162. The molecule has 2 heterocycles. The van der Waals surface area contributed by atoms with Gasteiger partial charge in [-0.3, -0.25) is 0 Å². The number of aliphatic hydroxyl groups is 1. The molecule has 1 aromatic carbocycles. The van der Waals surface area contributed by atoms with E-state index in [0.717, 1.165) is 5.56 Å². The Morgan fingerprint density at radius 2 is 2.00 bits per heavy atom. The third kappa shape index (κ3) is 3.43. The summed E-state index contributed by atoms with van der Waals surface area (Å²) in [6.07, 6.45) is 0.685. The zero-order chi connectivity index (χ0) is 17.2. The molecule has 7 nitrogen and oxygen atoms in total. The maximum absolute atomic E-state index is 9.95. The van der Waals surface area contributed by atoms with Crippen LogP contribution in [0.15, 0.2) is 28.7 Å². The lowest BCUT2D eigenvalue weighted by molar-refractivity contribution is -0.0420. The summed E-state index contributed by atoms with van der Waals surface area (Å²) in [4.78, 5) is 0. The lowest BCUT2D eigenvalue weighted by Crippen LogP contribution is -2.29. The van der Waals surface area contributed by atoms with Gasteiger partial charge in [-0.15, -0.1) is 10.2 Å². The minimum Gasteiger partial charge on any atom is -0.484 e. The van der Waals surface area contributed by atoms with E-state index in [1.165, 1.54) is 0 Å². The number of nitrogens with zero attached hydrogens (tertiary/aromatic N) is 2. The van der Waals surface area contributed by atoms with Gasteiger partial charge >= 0.3 is 0 Å². The van der Waals surface area contributed by atoms with Crippen molar-refractivity contribution in [1.82, 2.24) is 10.2 Å². The van der Waals surface area contributed by atoms with E-state index in [9.17, 15) is 5.11 Å². The molecule has 1 unspecified atom stereocenters. The number of hydrogen-bond acceptors (Lipinski definition) is 7. The van der Waals surface area contributed by atoms with Crippen molar-refractivity contribution in [2.45, 2.75) is 38.1 Å². The fraction of sp³-hybridized carbons (Fsp3) is 0.529. The van der Waals surface area contributed by atoms with E-state index in [0.29, 0.717) is 37.2 Å². The van der Waals surface area contributed by atoms with Crippen molar-refractivity contribution in [2.24, 2.45) is 0 Å². The highest BCUT2D eigenvalue weighted by Gasteiger charge is 2.42. The Hall–Kier alpha value is -1.96. The summed E-state index contributed by atoms with van der Waals surface area (Å²) < 4.78 is 22.2. The maximum atomic E-state index is 9.95. The third-order valence-corrected chi connectivity index (χ3v) is 4.16. The van der Waals surface area contributed by atoms with Crippen LogP contribution in [-0.2, 0) is 27.3 Å². The number of benzene rings is 1. The van der Waals surface area contributed by atoms with E-state index in [1.54, 1.807) is 33.1 Å². The van der Waals surface area contributed by atoms with Gasteiger partial charge in [0.15, 0.2) is 12.2 Å². The van der Waals surface area contributed by atoms with Gasteiger partial charge in [-0.1, -0.05) is 12.1 Å². The second-order valence-corrected chi connectivity index (χ2v) is 6.37. The van der Waals surface area contributed by atoms with Gasteiger partial charge in [-0.25, -0.2) is 0 Å². The van der Waals surface area contributed by atoms with Gasteiger partial charge in [-0.05, 0) is 31.5 Å². The Labute approximate surface area is 140 Å². The van der Waals surface area contributed by atoms with Crippen LogP contribution >= 0.6 is 0 Å². The summed E-state index contributed by atoms with van der Waals surface area (Å²) in [6.45, 7) is 4.65. The molecule has 1 aromatic heterocycles. The monoisotopic (exact) mass is 334 g/mol. The Balaban J connectivity index is 1.63. The van der Waals surface area contributed by atoms with Crippen molar-refractivity contribution in [3.8, 4) is 5.75 Å². The molecule has 3 rings (SSSR count). The minimum atomic E-state index is -0.877. The van der Waals surface area contributed by atoms with Gasteiger partial charge in [-0.2, -0.15) is 0 Å². The van der Waals surface area contributed by atoms with E-state index in [1.807, 2.05) is 12.1 Å². The first-order valence-electron chi connectivity index (χ1n) is 7.84. The number of aromatic nitrogens is 2. The van der Waals surface area contributed by atoms with Gasteiger partial charge in [0, 0.05) is 13.5 Å². The first-order valence-corrected chi connectivity index (χ1v) is 7.84. The van der Waals surface area contributed by atoms with Crippen molar-refractivity contribution >= 4 is 0 Å². The van der Waals surface area contributed by atoms with Gasteiger partial charge in [0.1, 0.15) is 5.75 Å². The summed E-state index contributed by atoms with van der Waals surface area (Å²) in [5.74, 6) is 1.45. The van der Waals surface area contributed by atoms with Crippen LogP contribution in [0, 0.1) is 0 Å². The smallest absolute Gasteiger partial charge is 0.254 e. The molecule has 1 atom stereocenters. The van der Waals surface area contributed by atoms with Crippen LogP contribution in [0.3, 0.4) is 0 Å². The molecule has 0 amide bonds. The van der Waals surface area contributed by atoms with Crippen LogP contribution < -0.4 is 4.74 Å². The predicted octanol–water partition coefficient (Wildman–Crippen LogP) is 2.14. The molecule has 130 valence electrons. The van der Waals surface area contributed by atoms with Gasteiger partial charge in [0.2, 0.25) is 0 Å². The Morgan fingerprint density at radius 3 is 2.58 bits per heavy atom. The van der Waals surface area contributed by atoms with E-state index < -0.39 is 11.2 Å². The molecule has 0 bridgehead atoms. The van der Waals surface area contributed by atoms with Crippen LogP contribution in [0.25, 0.3) is 0 Å². The first kappa shape index (κ1) is 16.9. The molecule has 0 saturated carbocycles. The van der Waals surface area contributed by atoms with E-state index >= 15 is 0 Å². The van der Waals surface area contributed by atoms with Crippen LogP contribution in [-0.4, -0.2) is 35.6 Å². The molecular weight excluding hydrogens is 312 g/mol. The Bertz CT molecular complexity index is 669. The molecule has 24 heavy (non-hydrogen) atoms. The fourth-order valence-electron chi connectivity index (χ4n) is 2.56. The van der Waals surface area contributed by atoms with E-state index in [4.69, 9.17) is 18.6 Å². The SMILES string of the molecule is COC1(c2nnc(COc3ccc(C(C)(C)O)cc3)o2)CCOC1. The molecule has 2 aromatic rings. The lowest BCUT2D eigenvalue weighted by Gasteiger charge is -2.20. The molecule has 1 N–H and O–H groups in total. The molecule has 7 heteroatoms. The topological polar surface area (TPSA) is 86.8 Å². The summed E-state index contributed by atoms with van der Waals surface area (Å²) in [5.41, 5.74) is -0.713. The molecule has 1 saturated heterocycles. The fourth-order valence-corrected chi connectivity index (χ4v) is 2.56. The van der Waals surface area contributed by atoms with Crippen molar-refractivity contribution in [1.29, 1.82) is 0 Å². The number of hydrogen-bond donors (Lipinski definition) is 1. The second kappa shape index (κ2) is 6.51. The van der Waals surface area contributed by atoms with Gasteiger partial charge < -0.3 is 23.7 Å². The summed E-state index contributed by atoms with van der Waals surface area (Å²) in [5, 5.41) is 18.0. The van der Waals surface area contributed by atoms with Crippen molar-refractivity contribution in [2.75, 3.05) is 20.3 Å². The number of ether oxygens (including phenoxy) is 3. The van der Waals surface area contributed by atoms with E-state index in [-0.39, 0.29) is 6.61 Å². The highest BCUT2D eigenvalue weighted by atomic mass is 16.6. The number of rotatable bonds is 6. The average Bonchev–Trinajstić information content (AvgIpc) is 3.22.